The number of hydrogen-bond donors (Lipinski definition) is 1. The Morgan fingerprint density at radius 1 is 1.10 bits per heavy atom. The van der Waals surface area contributed by atoms with Crippen molar-refractivity contribution in [3.8, 4) is 11.1 Å². The second-order valence-corrected chi connectivity index (χ2v) is 5.43. The van der Waals surface area contributed by atoms with Crippen molar-refractivity contribution in [2.45, 2.75) is 12.8 Å². The van der Waals surface area contributed by atoms with Crippen LogP contribution in [0.25, 0.3) is 11.1 Å². The third-order valence-corrected chi connectivity index (χ3v) is 3.84. The van der Waals surface area contributed by atoms with E-state index in [9.17, 15) is 4.79 Å². The largest absolute Gasteiger partial charge is 0.382 e. The molecule has 0 radical (unpaired) electrons. The summed E-state index contributed by atoms with van der Waals surface area (Å²) in [6.07, 6.45) is 1.25. The van der Waals surface area contributed by atoms with E-state index in [2.05, 4.69) is 15.1 Å². The minimum Gasteiger partial charge on any atom is -0.382 e. The molecule has 0 bridgehead atoms. The van der Waals surface area contributed by atoms with Gasteiger partial charge in [-0.25, -0.2) is 0 Å². The number of anilines is 2. The predicted octanol–water partition coefficient (Wildman–Crippen LogP) is 2.55. The van der Waals surface area contributed by atoms with Crippen LogP contribution < -0.4 is 10.6 Å². The molecule has 3 rings (SSSR count). The molecule has 0 amide bonds. The molecule has 2 N–H and O–H groups in total. The van der Waals surface area contributed by atoms with E-state index < -0.39 is 0 Å². The first-order valence-corrected chi connectivity index (χ1v) is 7.17. The molecule has 1 aromatic heterocycles. The Bertz CT molecular complexity index is 662. The van der Waals surface area contributed by atoms with Crippen molar-refractivity contribution in [2.75, 3.05) is 23.7 Å². The Hall–Kier alpha value is -2.14. The van der Waals surface area contributed by atoms with Crippen molar-refractivity contribution in [3.05, 3.63) is 35.5 Å². The lowest BCUT2D eigenvalue weighted by Gasteiger charge is -2.28. The molecule has 1 fully saturated rings. The first kappa shape index (κ1) is 13.8. The maximum Gasteiger partial charge on any atom is 0.154 e. The van der Waals surface area contributed by atoms with Crippen LogP contribution in [-0.2, 0) is 4.79 Å². The number of ketones is 1. The highest BCUT2D eigenvalue weighted by atomic mass is 35.5. The van der Waals surface area contributed by atoms with Crippen LogP contribution in [0.5, 0.6) is 0 Å². The fourth-order valence-electron chi connectivity index (χ4n) is 2.47. The van der Waals surface area contributed by atoms with Gasteiger partial charge >= 0.3 is 0 Å². The lowest BCUT2D eigenvalue weighted by Crippen LogP contribution is -2.33. The normalized spacial score (nSPS) is 15.3. The van der Waals surface area contributed by atoms with Gasteiger partial charge in [-0.2, -0.15) is 0 Å². The smallest absolute Gasteiger partial charge is 0.154 e. The Labute approximate surface area is 127 Å². The fourth-order valence-corrected chi connectivity index (χ4v) is 2.62. The van der Waals surface area contributed by atoms with Crippen molar-refractivity contribution in [2.24, 2.45) is 0 Å². The van der Waals surface area contributed by atoms with Gasteiger partial charge in [-0.1, -0.05) is 23.7 Å². The van der Waals surface area contributed by atoms with Gasteiger partial charge in [0.2, 0.25) is 0 Å². The molecule has 0 spiro atoms. The summed E-state index contributed by atoms with van der Waals surface area (Å²) < 4.78 is 0. The van der Waals surface area contributed by atoms with Gasteiger partial charge in [0.15, 0.2) is 11.0 Å². The topological polar surface area (TPSA) is 72.1 Å². The molecule has 0 atom stereocenters. The zero-order valence-corrected chi connectivity index (χ0v) is 12.2. The molecule has 1 aromatic carbocycles. The molecular weight excluding hydrogens is 288 g/mol. The molecule has 2 aromatic rings. The molecule has 21 heavy (non-hydrogen) atoms. The summed E-state index contributed by atoms with van der Waals surface area (Å²) in [5.41, 5.74) is 8.67. The average Bonchev–Trinajstić information content (AvgIpc) is 2.51. The fraction of sp³-hybridized carbons (Fsp3) is 0.267. The Morgan fingerprint density at radius 3 is 2.43 bits per heavy atom. The van der Waals surface area contributed by atoms with Crippen molar-refractivity contribution >= 4 is 28.9 Å². The summed E-state index contributed by atoms with van der Waals surface area (Å²) in [6, 6.07) is 9.72. The van der Waals surface area contributed by atoms with Gasteiger partial charge in [-0.05, 0) is 23.8 Å². The van der Waals surface area contributed by atoms with Crippen LogP contribution in [0.2, 0.25) is 5.15 Å². The molecule has 6 heteroatoms. The maximum absolute atomic E-state index is 11.3. The van der Waals surface area contributed by atoms with Crippen molar-refractivity contribution in [1.29, 1.82) is 0 Å². The van der Waals surface area contributed by atoms with Gasteiger partial charge < -0.3 is 10.6 Å². The highest BCUT2D eigenvalue weighted by molar-refractivity contribution is 6.29. The predicted molar refractivity (Wildman–Crippen MR) is 83.3 cm³/mol. The van der Waals surface area contributed by atoms with Crippen molar-refractivity contribution < 1.29 is 4.79 Å². The Morgan fingerprint density at radius 2 is 1.76 bits per heavy atom. The van der Waals surface area contributed by atoms with Gasteiger partial charge in [0.05, 0.1) is 0 Å². The lowest BCUT2D eigenvalue weighted by molar-refractivity contribution is -0.119. The first-order chi connectivity index (χ1) is 10.1. The van der Waals surface area contributed by atoms with Crippen LogP contribution in [0.4, 0.5) is 11.5 Å². The number of hydrogen-bond acceptors (Lipinski definition) is 5. The van der Waals surface area contributed by atoms with Crippen LogP contribution in [-0.4, -0.2) is 29.1 Å². The van der Waals surface area contributed by atoms with Gasteiger partial charge in [-0.3, -0.25) is 4.79 Å². The number of carbonyl (C=O) groups excluding carboxylic acids is 1. The second kappa shape index (κ2) is 5.69. The van der Waals surface area contributed by atoms with Gasteiger partial charge in [0, 0.05) is 37.2 Å². The van der Waals surface area contributed by atoms with Crippen LogP contribution in [0, 0.1) is 0 Å². The molecule has 2 heterocycles. The number of Topliss-reactive ketones (excluding diaryl/α,β-unsaturated/α-hetero) is 1. The zero-order chi connectivity index (χ0) is 14.8. The molecule has 1 aliphatic heterocycles. The highest BCUT2D eigenvalue weighted by Gasteiger charge is 2.16. The van der Waals surface area contributed by atoms with E-state index in [-0.39, 0.29) is 0 Å². The molecule has 1 saturated heterocycles. The summed E-state index contributed by atoms with van der Waals surface area (Å²) in [4.78, 5) is 13.5. The first-order valence-electron chi connectivity index (χ1n) is 6.79. The van der Waals surface area contributed by atoms with E-state index >= 15 is 0 Å². The maximum atomic E-state index is 11.3. The van der Waals surface area contributed by atoms with Gasteiger partial charge in [-0.15, -0.1) is 10.2 Å². The number of aromatic nitrogens is 2. The molecule has 5 nitrogen and oxygen atoms in total. The van der Waals surface area contributed by atoms with E-state index in [1.165, 1.54) is 0 Å². The monoisotopic (exact) mass is 302 g/mol. The standard InChI is InChI=1S/C15H15ClN4O/c16-14-9-13(15(17)19-18-14)10-1-3-11(4-2-10)20-7-5-12(21)6-8-20/h1-4,9H,5-8H2,(H2,17,19). The minimum atomic E-state index is 0.317. The third-order valence-electron chi connectivity index (χ3n) is 3.66. The Kier molecular flexibility index (Phi) is 3.75. The summed E-state index contributed by atoms with van der Waals surface area (Å²) in [7, 11) is 0. The van der Waals surface area contributed by atoms with Crippen molar-refractivity contribution in [1.82, 2.24) is 10.2 Å². The Balaban J connectivity index is 1.84. The lowest BCUT2D eigenvalue weighted by atomic mass is 10.1. The number of benzene rings is 1. The number of nitrogen functional groups attached to an aromatic ring is 1. The number of piperidine rings is 1. The van der Waals surface area contributed by atoms with E-state index in [0.717, 1.165) is 29.9 Å². The van der Waals surface area contributed by atoms with E-state index in [0.29, 0.717) is 29.6 Å². The van der Waals surface area contributed by atoms with Gasteiger partial charge in [0.25, 0.3) is 0 Å². The third kappa shape index (κ3) is 2.97. The molecule has 0 aliphatic carbocycles. The molecule has 1 aliphatic rings. The molecular formula is C15H15ClN4O. The quantitative estimate of drug-likeness (QED) is 0.923. The molecule has 108 valence electrons. The molecule has 0 saturated carbocycles. The summed E-state index contributed by atoms with van der Waals surface area (Å²) in [5, 5.41) is 7.85. The number of halogens is 1. The number of nitrogens with two attached hydrogens (primary N) is 1. The SMILES string of the molecule is Nc1nnc(Cl)cc1-c1ccc(N2CCC(=O)CC2)cc1. The highest BCUT2D eigenvalue weighted by Crippen LogP contribution is 2.28. The van der Waals surface area contributed by atoms with E-state index in [1.807, 2.05) is 24.3 Å². The molecule has 0 unspecified atom stereocenters. The van der Waals surface area contributed by atoms with Crippen molar-refractivity contribution in [3.63, 3.8) is 0 Å². The summed E-state index contributed by atoms with van der Waals surface area (Å²) >= 11 is 5.86. The van der Waals surface area contributed by atoms with Crippen LogP contribution in [0.3, 0.4) is 0 Å². The van der Waals surface area contributed by atoms with E-state index in [1.54, 1.807) is 6.07 Å². The van der Waals surface area contributed by atoms with Crippen LogP contribution >= 0.6 is 11.6 Å². The zero-order valence-electron chi connectivity index (χ0n) is 11.4. The van der Waals surface area contributed by atoms with Crippen LogP contribution in [0.15, 0.2) is 30.3 Å². The number of carbonyl (C=O) groups is 1. The average molecular weight is 303 g/mol. The van der Waals surface area contributed by atoms with Crippen LogP contribution in [0.1, 0.15) is 12.8 Å². The summed E-state index contributed by atoms with van der Waals surface area (Å²) in [5.74, 6) is 0.698. The van der Waals surface area contributed by atoms with Gasteiger partial charge in [0.1, 0.15) is 5.78 Å². The second-order valence-electron chi connectivity index (χ2n) is 5.04. The van der Waals surface area contributed by atoms with E-state index in [4.69, 9.17) is 17.3 Å². The number of rotatable bonds is 2. The number of nitrogens with zero attached hydrogens (tertiary/aromatic N) is 3. The minimum absolute atomic E-state index is 0.317. The summed E-state index contributed by atoms with van der Waals surface area (Å²) in [6.45, 7) is 1.56.